The number of unbranched alkanes of at least 4 members (excludes halogenated alkanes) is 14. The van der Waals surface area contributed by atoms with Gasteiger partial charge in [-0.3, -0.25) is 4.79 Å². The van der Waals surface area contributed by atoms with E-state index in [9.17, 15) is 30.3 Å². The Morgan fingerprint density at radius 1 is 0.739 bits per heavy atom. The molecule has 0 aromatic rings. The third-order valence-corrected chi connectivity index (χ3v) is 8.46. The number of nitrogens with one attached hydrogen (secondary N) is 1. The number of aliphatic hydroxyl groups is 5. The zero-order chi connectivity index (χ0) is 33.8. The minimum atomic E-state index is -1.56. The van der Waals surface area contributed by atoms with E-state index in [2.05, 4.69) is 43.5 Å². The number of aliphatic hydroxyl groups excluding tert-OH is 5. The molecule has 1 aliphatic rings. The summed E-state index contributed by atoms with van der Waals surface area (Å²) in [5, 5.41) is 53.3. The second-order valence-corrected chi connectivity index (χ2v) is 12.7. The maximum Gasteiger partial charge on any atom is 0.220 e. The fraction of sp³-hybridized carbons (Fsp3) is 0.811. The molecule has 7 atom stereocenters. The first-order chi connectivity index (χ1) is 22.3. The Bertz CT molecular complexity index is 817. The van der Waals surface area contributed by atoms with Crippen LogP contribution in [0.15, 0.2) is 36.5 Å². The van der Waals surface area contributed by atoms with E-state index in [-0.39, 0.29) is 12.5 Å². The van der Waals surface area contributed by atoms with E-state index >= 15 is 0 Å². The molecular formula is C37H67NO8. The van der Waals surface area contributed by atoms with Crippen LogP contribution in [-0.2, 0) is 14.3 Å². The molecule has 7 unspecified atom stereocenters. The highest BCUT2D eigenvalue weighted by Crippen LogP contribution is 2.22. The highest BCUT2D eigenvalue weighted by Gasteiger charge is 2.44. The molecule has 0 saturated carbocycles. The molecule has 0 spiro atoms. The van der Waals surface area contributed by atoms with Crippen LogP contribution >= 0.6 is 0 Å². The largest absolute Gasteiger partial charge is 0.394 e. The van der Waals surface area contributed by atoms with Gasteiger partial charge in [-0.25, -0.2) is 0 Å². The monoisotopic (exact) mass is 653 g/mol. The van der Waals surface area contributed by atoms with Crippen LogP contribution in [0.2, 0.25) is 0 Å². The van der Waals surface area contributed by atoms with Gasteiger partial charge in [0.25, 0.3) is 0 Å². The van der Waals surface area contributed by atoms with Crippen LogP contribution in [0, 0.1) is 0 Å². The standard InChI is InChI=1S/C37H67NO8/c1-3-5-7-9-10-11-12-13-14-15-16-17-18-19-20-21-22-23-25-27-33(41)38-30(31(40)26-24-8-6-4-2)29-45-37-36(44)35(43)34(42)32(28-39)46-37/h10-11,13-14,24,26,30-32,34-37,39-40,42-44H,3-9,12,15-23,25,27-29H2,1-2H3,(H,38,41)/b11-10-,14-13-,26-24+. The maximum absolute atomic E-state index is 12.7. The van der Waals surface area contributed by atoms with Gasteiger partial charge in [0.05, 0.1) is 25.4 Å². The molecule has 1 rings (SSSR count). The van der Waals surface area contributed by atoms with Crippen LogP contribution in [0.5, 0.6) is 0 Å². The Balaban J connectivity index is 2.26. The van der Waals surface area contributed by atoms with E-state index in [1.165, 1.54) is 70.6 Å². The first-order valence-corrected chi connectivity index (χ1v) is 18.2. The second-order valence-electron chi connectivity index (χ2n) is 12.7. The highest BCUT2D eigenvalue weighted by molar-refractivity contribution is 5.76. The molecule has 0 aromatic carbocycles. The average Bonchev–Trinajstić information content (AvgIpc) is 3.05. The number of carbonyl (C=O) groups is 1. The van der Waals surface area contributed by atoms with Gasteiger partial charge in [0.1, 0.15) is 24.4 Å². The van der Waals surface area contributed by atoms with Crippen LogP contribution in [0.25, 0.3) is 0 Å². The van der Waals surface area contributed by atoms with Gasteiger partial charge in [-0.1, -0.05) is 121 Å². The fourth-order valence-electron chi connectivity index (χ4n) is 5.40. The van der Waals surface area contributed by atoms with Gasteiger partial charge < -0.3 is 40.3 Å². The second kappa shape index (κ2) is 28.4. The summed E-state index contributed by atoms with van der Waals surface area (Å²) in [5.74, 6) is -0.194. The Morgan fingerprint density at radius 2 is 1.30 bits per heavy atom. The Kier molecular flexibility index (Phi) is 26.2. The van der Waals surface area contributed by atoms with E-state index in [1.54, 1.807) is 6.08 Å². The summed E-state index contributed by atoms with van der Waals surface area (Å²) in [7, 11) is 0. The quantitative estimate of drug-likeness (QED) is 0.0461. The smallest absolute Gasteiger partial charge is 0.220 e. The van der Waals surface area contributed by atoms with Crippen molar-refractivity contribution in [1.29, 1.82) is 0 Å². The van der Waals surface area contributed by atoms with Crippen molar-refractivity contribution in [3.8, 4) is 0 Å². The first-order valence-electron chi connectivity index (χ1n) is 18.2. The number of rotatable bonds is 28. The molecule has 0 radical (unpaired) electrons. The van der Waals surface area contributed by atoms with Crippen molar-refractivity contribution in [2.45, 2.75) is 179 Å². The summed E-state index contributed by atoms with van der Waals surface area (Å²) < 4.78 is 11.0. The molecule has 1 amide bonds. The lowest BCUT2D eigenvalue weighted by molar-refractivity contribution is -0.302. The van der Waals surface area contributed by atoms with Gasteiger partial charge in [0.15, 0.2) is 6.29 Å². The van der Waals surface area contributed by atoms with Crippen LogP contribution in [0.3, 0.4) is 0 Å². The van der Waals surface area contributed by atoms with Crippen molar-refractivity contribution in [3.63, 3.8) is 0 Å². The van der Waals surface area contributed by atoms with Crippen LogP contribution in [-0.4, -0.2) is 87.5 Å². The van der Waals surface area contributed by atoms with Crippen LogP contribution < -0.4 is 5.32 Å². The third kappa shape index (κ3) is 19.9. The molecule has 1 fully saturated rings. The minimum absolute atomic E-state index is 0.194. The average molecular weight is 654 g/mol. The predicted octanol–water partition coefficient (Wildman–Crippen LogP) is 5.77. The first kappa shape index (κ1) is 42.4. The topological polar surface area (TPSA) is 149 Å². The van der Waals surface area contributed by atoms with Gasteiger partial charge in [-0.05, 0) is 44.9 Å². The van der Waals surface area contributed by atoms with Gasteiger partial charge in [0.2, 0.25) is 5.91 Å². The molecular weight excluding hydrogens is 586 g/mol. The van der Waals surface area contributed by atoms with Gasteiger partial charge >= 0.3 is 0 Å². The van der Waals surface area contributed by atoms with E-state index in [1.807, 2.05) is 6.08 Å². The number of hydrogen-bond acceptors (Lipinski definition) is 8. The minimum Gasteiger partial charge on any atom is -0.394 e. The molecule has 1 saturated heterocycles. The molecule has 268 valence electrons. The van der Waals surface area contributed by atoms with Gasteiger partial charge in [0, 0.05) is 6.42 Å². The summed E-state index contributed by atoms with van der Waals surface area (Å²) in [6.07, 6.45) is 25.4. The van der Waals surface area contributed by atoms with Gasteiger partial charge in [-0.15, -0.1) is 0 Å². The summed E-state index contributed by atoms with van der Waals surface area (Å²) >= 11 is 0. The Labute approximate surface area is 279 Å². The summed E-state index contributed by atoms with van der Waals surface area (Å²) in [6.45, 7) is 3.56. The van der Waals surface area contributed by atoms with Crippen molar-refractivity contribution in [1.82, 2.24) is 5.32 Å². The zero-order valence-electron chi connectivity index (χ0n) is 28.8. The van der Waals surface area contributed by atoms with Crippen molar-refractivity contribution in [2.24, 2.45) is 0 Å². The molecule has 1 aliphatic heterocycles. The van der Waals surface area contributed by atoms with Gasteiger partial charge in [-0.2, -0.15) is 0 Å². The number of amides is 1. The fourth-order valence-corrected chi connectivity index (χ4v) is 5.40. The van der Waals surface area contributed by atoms with Crippen molar-refractivity contribution in [2.75, 3.05) is 13.2 Å². The normalized spacial score (nSPS) is 23.5. The Morgan fingerprint density at radius 3 is 1.91 bits per heavy atom. The molecule has 0 aromatic heterocycles. The third-order valence-electron chi connectivity index (χ3n) is 8.46. The molecule has 46 heavy (non-hydrogen) atoms. The van der Waals surface area contributed by atoms with E-state index in [4.69, 9.17) is 9.47 Å². The number of ether oxygens (including phenoxy) is 2. The molecule has 0 aliphatic carbocycles. The predicted molar refractivity (Wildman–Crippen MR) is 184 cm³/mol. The molecule has 9 nitrogen and oxygen atoms in total. The van der Waals surface area contributed by atoms with E-state index < -0.39 is 49.5 Å². The van der Waals surface area contributed by atoms with Crippen LogP contribution in [0.1, 0.15) is 136 Å². The van der Waals surface area contributed by atoms with Crippen molar-refractivity contribution >= 4 is 5.91 Å². The molecule has 6 N–H and O–H groups in total. The zero-order valence-corrected chi connectivity index (χ0v) is 28.8. The summed E-state index contributed by atoms with van der Waals surface area (Å²) in [5.41, 5.74) is 0. The summed E-state index contributed by atoms with van der Waals surface area (Å²) in [6, 6.07) is -0.801. The lowest BCUT2D eigenvalue weighted by atomic mass is 9.99. The summed E-state index contributed by atoms with van der Waals surface area (Å²) in [4.78, 5) is 12.7. The SMILES string of the molecule is CCCC/C=C/C(O)C(COC1OC(CO)C(O)C(O)C1O)NC(=O)CCCCCCCCCCC/C=C\C/C=C\CCCCC. The molecule has 0 bridgehead atoms. The number of carbonyl (C=O) groups excluding carboxylic acids is 1. The van der Waals surface area contributed by atoms with Crippen molar-refractivity contribution in [3.05, 3.63) is 36.5 Å². The maximum atomic E-state index is 12.7. The van der Waals surface area contributed by atoms with E-state index in [0.29, 0.717) is 6.42 Å². The lowest BCUT2D eigenvalue weighted by Crippen LogP contribution is -2.60. The lowest BCUT2D eigenvalue weighted by Gasteiger charge is -2.40. The number of allylic oxidation sites excluding steroid dienone is 5. The van der Waals surface area contributed by atoms with Crippen molar-refractivity contribution < 1.29 is 39.8 Å². The Hall–Kier alpha value is -1.59. The molecule has 9 heteroatoms. The van der Waals surface area contributed by atoms with E-state index in [0.717, 1.165) is 44.9 Å². The number of hydrogen-bond donors (Lipinski definition) is 6. The molecule has 1 heterocycles. The highest BCUT2D eigenvalue weighted by atomic mass is 16.7. The van der Waals surface area contributed by atoms with Crippen LogP contribution in [0.4, 0.5) is 0 Å².